The Morgan fingerprint density at radius 1 is 1.00 bits per heavy atom. The first-order chi connectivity index (χ1) is 8.88. The zero-order chi connectivity index (χ0) is 14.0. The second-order valence-corrected chi connectivity index (χ2v) is 6.46. The SMILES string of the molecule is CC(c1ccc(O)cc1)N1CCN(C(C)(C)C)CC1. The van der Waals surface area contributed by atoms with Crippen molar-refractivity contribution in [3.63, 3.8) is 0 Å². The summed E-state index contributed by atoms with van der Waals surface area (Å²) < 4.78 is 0. The number of piperazine rings is 1. The fourth-order valence-electron chi connectivity index (χ4n) is 2.74. The average Bonchev–Trinajstić information content (AvgIpc) is 2.38. The Hall–Kier alpha value is -1.06. The molecule has 0 radical (unpaired) electrons. The summed E-state index contributed by atoms with van der Waals surface area (Å²) in [6.07, 6.45) is 0. The predicted molar refractivity (Wildman–Crippen MR) is 79.4 cm³/mol. The molecule has 1 atom stereocenters. The van der Waals surface area contributed by atoms with Crippen molar-refractivity contribution in [2.45, 2.75) is 39.3 Å². The largest absolute Gasteiger partial charge is 0.508 e. The number of benzene rings is 1. The van der Waals surface area contributed by atoms with Gasteiger partial charge in [-0.3, -0.25) is 9.80 Å². The van der Waals surface area contributed by atoms with E-state index < -0.39 is 0 Å². The van der Waals surface area contributed by atoms with E-state index in [1.165, 1.54) is 5.56 Å². The van der Waals surface area contributed by atoms with Gasteiger partial charge in [0, 0.05) is 37.8 Å². The van der Waals surface area contributed by atoms with Gasteiger partial charge in [0.25, 0.3) is 0 Å². The van der Waals surface area contributed by atoms with Gasteiger partial charge in [-0.05, 0) is 45.4 Å². The van der Waals surface area contributed by atoms with E-state index in [0.717, 1.165) is 26.2 Å². The molecule has 1 saturated heterocycles. The molecule has 1 aliphatic rings. The Morgan fingerprint density at radius 3 is 2.00 bits per heavy atom. The molecule has 1 fully saturated rings. The molecule has 106 valence electrons. The highest BCUT2D eigenvalue weighted by Gasteiger charge is 2.27. The molecule has 0 spiro atoms. The molecule has 1 aromatic carbocycles. The zero-order valence-corrected chi connectivity index (χ0v) is 12.6. The van der Waals surface area contributed by atoms with Crippen molar-refractivity contribution in [3.8, 4) is 5.75 Å². The molecule has 0 aromatic heterocycles. The lowest BCUT2D eigenvalue weighted by Gasteiger charge is -2.44. The molecule has 1 aromatic rings. The number of aromatic hydroxyl groups is 1. The molecular weight excluding hydrogens is 236 g/mol. The molecular formula is C16H26N2O. The monoisotopic (exact) mass is 262 g/mol. The van der Waals surface area contributed by atoms with Crippen LogP contribution >= 0.6 is 0 Å². The Balaban J connectivity index is 1.96. The highest BCUT2D eigenvalue weighted by Crippen LogP contribution is 2.25. The van der Waals surface area contributed by atoms with Crippen molar-refractivity contribution in [2.24, 2.45) is 0 Å². The van der Waals surface area contributed by atoms with Gasteiger partial charge in [-0.15, -0.1) is 0 Å². The topological polar surface area (TPSA) is 26.7 Å². The van der Waals surface area contributed by atoms with Crippen LogP contribution in [-0.2, 0) is 0 Å². The minimum Gasteiger partial charge on any atom is -0.508 e. The Morgan fingerprint density at radius 2 is 1.53 bits per heavy atom. The summed E-state index contributed by atoms with van der Waals surface area (Å²) in [4.78, 5) is 5.07. The first-order valence-electron chi connectivity index (χ1n) is 7.16. The summed E-state index contributed by atoms with van der Waals surface area (Å²) >= 11 is 0. The van der Waals surface area contributed by atoms with Gasteiger partial charge in [0.2, 0.25) is 0 Å². The van der Waals surface area contributed by atoms with Gasteiger partial charge in [-0.2, -0.15) is 0 Å². The van der Waals surface area contributed by atoms with Crippen LogP contribution in [0.5, 0.6) is 5.75 Å². The fraction of sp³-hybridized carbons (Fsp3) is 0.625. The van der Waals surface area contributed by atoms with Gasteiger partial charge in [0.15, 0.2) is 0 Å². The van der Waals surface area contributed by atoms with Gasteiger partial charge >= 0.3 is 0 Å². The molecule has 1 N–H and O–H groups in total. The molecule has 1 unspecified atom stereocenters. The molecule has 0 bridgehead atoms. The Kier molecular flexibility index (Phi) is 4.16. The summed E-state index contributed by atoms with van der Waals surface area (Å²) in [5.74, 6) is 0.341. The lowest BCUT2D eigenvalue weighted by molar-refractivity contribution is 0.0453. The molecule has 2 rings (SSSR count). The van der Waals surface area contributed by atoms with Crippen LogP contribution in [0.3, 0.4) is 0 Å². The van der Waals surface area contributed by atoms with Crippen LogP contribution in [0.1, 0.15) is 39.3 Å². The molecule has 19 heavy (non-hydrogen) atoms. The molecule has 1 aliphatic heterocycles. The van der Waals surface area contributed by atoms with Crippen LogP contribution in [0, 0.1) is 0 Å². The van der Waals surface area contributed by atoms with E-state index in [9.17, 15) is 5.11 Å². The van der Waals surface area contributed by atoms with Gasteiger partial charge in [-0.25, -0.2) is 0 Å². The molecule has 0 aliphatic carbocycles. The smallest absolute Gasteiger partial charge is 0.115 e. The van der Waals surface area contributed by atoms with E-state index in [0.29, 0.717) is 11.8 Å². The van der Waals surface area contributed by atoms with Crippen molar-refractivity contribution in [2.75, 3.05) is 26.2 Å². The van der Waals surface area contributed by atoms with E-state index in [2.05, 4.69) is 37.5 Å². The second kappa shape index (κ2) is 5.51. The number of hydrogen-bond acceptors (Lipinski definition) is 3. The van der Waals surface area contributed by atoms with Crippen molar-refractivity contribution < 1.29 is 5.11 Å². The lowest BCUT2D eigenvalue weighted by Crippen LogP contribution is -2.53. The van der Waals surface area contributed by atoms with E-state index >= 15 is 0 Å². The maximum Gasteiger partial charge on any atom is 0.115 e. The predicted octanol–water partition coefficient (Wildman–Crippen LogP) is 2.87. The maximum absolute atomic E-state index is 9.35. The second-order valence-electron chi connectivity index (χ2n) is 6.46. The quantitative estimate of drug-likeness (QED) is 0.888. The summed E-state index contributed by atoms with van der Waals surface area (Å²) in [6.45, 7) is 13.6. The number of phenolic OH excluding ortho intramolecular Hbond substituents is 1. The third-order valence-electron chi connectivity index (χ3n) is 4.19. The standard InChI is InChI=1S/C16H26N2O/c1-13(14-5-7-15(19)8-6-14)17-9-11-18(12-10-17)16(2,3)4/h5-8,13,19H,9-12H2,1-4H3. The summed E-state index contributed by atoms with van der Waals surface area (Å²) in [5, 5.41) is 9.35. The lowest BCUT2D eigenvalue weighted by atomic mass is 10.0. The van der Waals surface area contributed by atoms with Gasteiger partial charge < -0.3 is 5.11 Å². The van der Waals surface area contributed by atoms with Crippen LogP contribution in [-0.4, -0.2) is 46.6 Å². The first kappa shape index (κ1) is 14.4. The Bertz CT molecular complexity index is 400. The van der Waals surface area contributed by atoms with Crippen LogP contribution in [0.25, 0.3) is 0 Å². The molecule has 0 saturated carbocycles. The van der Waals surface area contributed by atoms with Crippen molar-refractivity contribution >= 4 is 0 Å². The van der Waals surface area contributed by atoms with E-state index in [1.54, 1.807) is 12.1 Å². The number of phenols is 1. The van der Waals surface area contributed by atoms with Crippen molar-refractivity contribution in [1.82, 2.24) is 9.80 Å². The maximum atomic E-state index is 9.35. The number of rotatable bonds is 2. The minimum atomic E-state index is 0.272. The third kappa shape index (κ3) is 3.48. The molecule has 0 amide bonds. The first-order valence-corrected chi connectivity index (χ1v) is 7.16. The summed E-state index contributed by atoms with van der Waals surface area (Å²) in [5.41, 5.74) is 1.55. The van der Waals surface area contributed by atoms with Crippen LogP contribution in [0.15, 0.2) is 24.3 Å². The summed E-state index contributed by atoms with van der Waals surface area (Å²) in [7, 11) is 0. The highest BCUT2D eigenvalue weighted by atomic mass is 16.3. The molecule has 3 nitrogen and oxygen atoms in total. The fourth-order valence-corrected chi connectivity index (χ4v) is 2.74. The van der Waals surface area contributed by atoms with Crippen molar-refractivity contribution in [1.29, 1.82) is 0 Å². The molecule has 3 heteroatoms. The Labute approximate surface area is 116 Å². The van der Waals surface area contributed by atoms with Gasteiger partial charge in [0.05, 0.1) is 0 Å². The number of hydrogen-bond donors (Lipinski definition) is 1. The molecule has 1 heterocycles. The average molecular weight is 262 g/mol. The van der Waals surface area contributed by atoms with Crippen LogP contribution < -0.4 is 0 Å². The van der Waals surface area contributed by atoms with E-state index in [-0.39, 0.29) is 5.54 Å². The van der Waals surface area contributed by atoms with Gasteiger partial charge in [0.1, 0.15) is 5.75 Å². The highest BCUT2D eigenvalue weighted by molar-refractivity contribution is 5.27. The minimum absolute atomic E-state index is 0.272. The van der Waals surface area contributed by atoms with E-state index in [4.69, 9.17) is 0 Å². The van der Waals surface area contributed by atoms with Crippen LogP contribution in [0.4, 0.5) is 0 Å². The van der Waals surface area contributed by atoms with E-state index in [1.807, 2.05) is 12.1 Å². The van der Waals surface area contributed by atoms with Crippen LogP contribution in [0.2, 0.25) is 0 Å². The van der Waals surface area contributed by atoms with Gasteiger partial charge in [-0.1, -0.05) is 12.1 Å². The number of nitrogens with zero attached hydrogens (tertiary/aromatic N) is 2. The zero-order valence-electron chi connectivity index (χ0n) is 12.6. The van der Waals surface area contributed by atoms with Crippen molar-refractivity contribution in [3.05, 3.63) is 29.8 Å². The summed E-state index contributed by atoms with van der Waals surface area (Å²) in [6, 6.07) is 8.02. The third-order valence-corrected chi connectivity index (χ3v) is 4.19. The normalized spacial score (nSPS) is 20.4.